The van der Waals surface area contributed by atoms with Crippen LogP contribution in [-0.4, -0.2) is 49.7 Å². The average molecular weight is 412 g/mol. The number of carbonyl (C=O) groups is 1. The molecule has 27 heavy (non-hydrogen) atoms. The van der Waals surface area contributed by atoms with Gasteiger partial charge in [0.05, 0.1) is 4.88 Å². The smallest absolute Gasteiger partial charge is 0.264 e. The first-order valence-corrected chi connectivity index (χ1v) is 11.0. The second-order valence-electron chi connectivity index (χ2n) is 6.75. The van der Waals surface area contributed by atoms with Crippen LogP contribution in [0.1, 0.15) is 34.0 Å². The average Bonchev–Trinajstić information content (AvgIpc) is 3.39. The lowest BCUT2D eigenvalue weighted by atomic mass is 10.1. The Morgan fingerprint density at radius 2 is 1.78 bits per heavy atom. The summed E-state index contributed by atoms with van der Waals surface area (Å²) >= 11 is 1.41. The van der Waals surface area contributed by atoms with E-state index in [1.807, 2.05) is 11.4 Å². The zero-order chi connectivity index (χ0) is 19.2. The highest BCUT2D eigenvalue weighted by atomic mass is 32.2. The molecule has 144 valence electrons. The Bertz CT molecular complexity index is 978. The SMILES string of the molecule is O=C(c1sccc1C1CC1)N1CCN(S(=O)(=O)c2cc(F)ccc2F)CC1. The van der Waals surface area contributed by atoms with Crippen LogP contribution >= 0.6 is 11.3 Å². The summed E-state index contributed by atoms with van der Waals surface area (Å²) < 4.78 is 53.6. The van der Waals surface area contributed by atoms with Crippen LogP contribution in [0.4, 0.5) is 8.78 Å². The number of benzene rings is 1. The van der Waals surface area contributed by atoms with Crippen LogP contribution in [0.5, 0.6) is 0 Å². The summed E-state index contributed by atoms with van der Waals surface area (Å²) in [7, 11) is -4.15. The molecule has 0 spiro atoms. The van der Waals surface area contributed by atoms with Gasteiger partial charge in [-0.15, -0.1) is 11.3 Å². The van der Waals surface area contributed by atoms with Crippen LogP contribution in [0.3, 0.4) is 0 Å². The molecule has 2 aromatic rings. The largest absolute Gasteiger partial charge is 0.335 e. The van der Waals surface area contributed by atoms with Gasteiger partial charge in [-0.2, -0.15) is 4.31 Å². The normalized spacial score (nSPS) is 18.7. The van der Waals surface area contributed by atoms with Crippen molar-refractivity contribution >= 4 is 27.3 Å². The first kappa shape index (κ1) is 18.5. The molecule has 2 fully saturated rings. The number of piperazine rings is 1. The highest BCUT2D eigenvalue weighted by Gasteiger charge is 2.35. The quantitative estimate of drug-likeness (QED) is 0.776. The van der Waals surface area contributed by atoms with E-state index in [0.717, 1.165) is 39.7 Å². The molecule has 1 aliphatic carbocycles. The van der Waals surface area contributed by atoms with Gasteiger partial charge in [0.2, 0.25) is 10.0 Å². The van der Waals surface area contributed by atoms with E-state index >= 15 is 0 Å². The zero-order valence-corrected chi connectivity index (χ0v) is 16.0. The van der Waals surface area contributed by atoms with Crippen LogP contribution in [0.15, 0.2) is 34.5 Å². The minimum absolute atomic E-state index is 0.0498. The Kier molecular flexibility index (Phi) is 4.77. The molecule has 0 unspecified atom stereocenters. The van der Waals surface area contributed by atoms with Crippen molar-refractivity contribution in [2.24, 2.45) is 0 Å². The summed E-state index contributed by atoms with van der Waals surface area (Å²) in [6, 6.07) is 4.36. The number of hydrogen-bond donors (Lipinski definition) is 0. The number of rotatable bonds is 4. The van der Waals surface area contributed by atoms with Gasteiger partial charge in [-0.05, 0) is 54.0 Å². The van der Waals surface area contributed by atoms with E-state index in [9.17, 15) is 22.0 Å². The Balaban J connectivity index is 1.47. The molecule has 0 radical (unpaired) electrons. The second kappa shape index (κ2) is 6.96. The molecule has 0 N–H and O–H groups in total. The second-order valence-corrected chi connectivity index (χ2v) is 9.57. The molecule has 0 atom stereocenters. The molecule has 2 heterocycles. The molecule has 1 saturated carbocycles. The number of hydrogen-bond acceptors (Lipinski definition) is 4. The monoisotopic (exact) mass is 412 g/mol. The number of sulfonamides is 1. The van der Waals surface area contributed by atoms with Crippen molar-refractivity contribution in [1.82, 2.24) is 9.21 Å². The van der Waals surface area contributed by atoms with Crippen LogP contribution in [-0.2, 0) is 10.0 Å². The summed E-state index contributed by atoms with van der Waals surface area (Å²) in [5.74, 6) is -1.41. The van der Waals surface area contributed by atoms with Gasteiger partial charge in [0, 0.05) is 26.2 Å². The molecular weight excluding hydrogens is 394 g/mol. The third kappa shape index (κ3) is 3.51. The first-order chi connectivity index (χ1) is 12.9. The molecule has 4 rings (SSSR count). The van der Waals surface area contributed by atoms with Gasteiger partial charge in [0.15, 0.2) is 0 Å². The Hall–Kier alpha value is -1.84. The third-order valence-corrected chi connectivity index (χ3v) is 7.78. The predicted molar refractivity (Wildman–Crippen MR) is 97.3 cm³/mol. The fourth-order valence-corrected chi connectivity index (χ4v) is 5.75. The topological polar surface area (TPSA) is 57.7 Å². The lowest BCUT2D eigenvalue weighted by Gasteiger charge is -2.34. The van der Waals surface area contributed by atoms with Crippen molar-refractivity contribution in [2.75, 3.05) is 26.2 Å². The van der Waals surface area contributed by atoms with Gasteiger partial charge in [0.1, 0.15) is 16.5 Å². The van der Waals surface area contributed by atoms with Gasteiger partial charge in [-0.3, -0.25) is 4.79 Å². The van der Waals surface area contributed by atoms with Crippen molar-refractivity contribution in [2.45, 2.75) is 23.7 Å². The third-order valence-electron chi connectivity index (χ3n) is 4.94. The number of nitrogens with zero attached hydrogens (tertiary/aromatic N) is 2. The van der Waals surface area contributed by atoms with Gasteiger partial charge in [-0.1, -0.05) is 0 Å². The highest BCUT2D eigenvalue weighted by molar-refractivity contribution is 7.89. The molecule has 1 amide bonds. The van der Waals surface area contributed by atoms with Crippen molar-refractivity contribution in [3.63, 3.8) is 0 Å². The molecule has 1 saturated heterocycles. The minimum atomic E-state index is -4.15. The van der Waals surface area contributed by atoms with Crippen LogP contribution in [0.25, 0.3) is 0 Å². The minimum Gasteiger partial charge on any atom is -0.335 e. The van der Waals surface area contributed by atoms with E-state index < -0.39 is 26.6 Å². The van der Waals surface area contributed by atoms with E-state index in [-0.39, 0.29) is 32.1 Å². The molecule has 0 bridgehead atoms. The van der Waals surface area contributed by atoms with Crippen LogP contribution in [0, 0.1) is 11.6 Å². The summed E-state index contributed by atoms with van der Waals surface area (Å²) in [6.45, 7) is 0.538. The van der Waals surface area contributed by atoms with Gasteiger partial charge in [-0.25, -0.2) is 17.2 Å². The lowest BCUT2D eigenvalue weighted by molar-refractivity contribution is 0.0701. The van der Waals surface area contributed by atoms with Crippen molar-refractivity contribution < 1.29 is 22.0 Å². The van der Waals surface area contributed by atoms with Gasteiger partial charge >= 0.3 is 0 Å². The fraction of sp³-hybridized carbons (Fsp3) is 0.389. The van der Waals surface area contributed by atoms with E-state index in [4.69, 9.17) is 0 Å². The molecule has 9 heteroatoms. The van der Waals surface area contributed by atoms with Crippen molar-refractivity contribution in [3.05, 3.63) is 51.7 Å². The van der Waals surface area contributed by atoms with Gasteiger partial charge < -0.3 is 4.90 Å². The van der Waals surface area contributed by atoms with E-state index in [1.54, 1.807) is 4.90 Å². The summed E-state index contributed by atoms with van der Waals surface area (Å²) in [5.41, 5.74) is 1.09. The summed E-state index contributed by atoms with van der Waals surface area (Å²) in [5, 5.41) is 1.91. The maximum atomic E-state index is 13.9. The van der Waals surface area contributed by atoms with Gasteiger partial charge in [0.25, 0.3) is 5.91 Å². The Labute approximate surface area is 160 Å². The number of amides is 1. The molecule has 1 aliphatic heterocycles. The number of thiophene rings is 1. The fourth-order valence-electron chi connectivity index (χ4n) is 3.30. The van der Waals surface area contributed by atoms with Crippen LogP contribution < -0.4 is 0 Å². The van der Waals surface area contributed by atoms with E-state index in [0.29, 0.717) is 12.0 Å². The van der Waals surface area contributed by atoms with Crippen molar-refractivity contribution in [3.8, 4) is 0 Å². The molecule has 5 nitrogen and oxygen atoms in total. The first-order valence-electron chi connectivity index (χ1n) is 8.70. The summed E-state index contributed by atoms with van der Waals surface area (Å²) in [4.78, 5) is 14.5. The zero-order valence-electron chi connectivity index (χ0n) is 14.4. The molecule has 1 aromatic heterocycles. The lowest BCUT2D eigenvalue weighted by Crippen LogP contribution is -2.50. The van der Waals surface area contributed by atoms with Crippen LogP contribution in [0.2, 0.25) is 0 Å². The number of halogens is 2. The Morgan fingerprint density at radius 3 is 2.44 bits per heavy atom. The molecule has 1 aromatic carbocycles. The Morgan fingerprint density at radius 1 is 1.07 bits per heavy atom. The predicted octanol–water partition coefficient (Wildman–Crippen LogP) is 3.05. The maximum absolute atomic E-state index is 13.9. The van der Waals surface area contributed by atoms with E-state index in [1.165, 1.54) is 11.3 Å². The van der Waals surface area contributed by atoms with E-state index in [2.05, 4.69) is 0 Å². The van der Waals surface area contributed by atoms with Crippen molar-refractivity contribution in [1.29, 1.82) is 0 Å². The highest BCUT2D eigenvalue weighted by Crippen LogP contribution is 2.43. The standard InChI is InChI=1S/C18H18F2N2O3S2/c19-13-3-4-15(20)16(11-13)27(24,25)22-8-6-21(7-9-22)18(23)17-14(5-10-26-17)12-1-2-12/h3-5,10-12H,1-2,6-9H2. The number of carbonyl (C=O) groups excluding carboxylic acids is 1. The molecular formula is C18H18F2N2O3S2. The maximum Gasteiger partial charge on any atom is 0.264 e. The molecule has 2 aliphatic rings. The summed E-state index contributed by atoms with van der Waals surface area (Å²) in [6.07, 6.45) is 2.20.